The van der Waals surface area contributed by atoms with Gasteiger partial charge < -0.3 is 10.5 Å². The van der Waals surface area contributed by atoms with Crippen molar-refractivity contribution in [1.29, 1.82) is 0 Å². The number of ether oxygens (including phenoxy) is 1. The van der Waals surface area contributed by atoms with Crippen LogP contribution < -0.4 is 10.5 Å². The highest BCUT2D eigenvalue weighted by Crippen LogP contribution is 2.39. The van der Waals surface area contributed by atoms with Gasteiger partial charge >= 0.3 is 0 Å². The molecule has 3 heterocycles. The van der Waals surface area contributed by atoms with Gasteiger partial charge in [0.05, 0.1) is 12.6 Å². The van der Waals surface area contributed by atoms with Crippen LogP contribution in [0, 0.1) is 0 Å². The van der Waals surface area contributed by atoms with E-state index in [0.29, 0.717) is 0 Å². The maximum Gasteiger partial charge on any atom is 0.127 e. The third-order valence-corrected chi connectivity index (χ3v) is 6.36. The van der Waals surface area contributed by atoms with E-state index in [1.54, 1.807) is 0 Å². The topological polar surface area (TPSA) is 35.2 Å². The second-order valence-corrected chi connectivity index (χ2v) is 7.58. The maximum atomic E-state index is 6.53. The molecule has 20 heavy (non-hydrogen) atoms. The van der Waals surface area contributed by atoms with Crippen LogP contribution >= 0.6 is 23.1 Å². The highest BCUT2D eigenvalue weighted by atomic mass is 32.2. The molecule has 0 radical (unpaired) electrons. The van der Waals surface area contributed by atoms with Gasteiger partial charge in [-0.15, -0.1) is 11.3 Å². The van der Waals surface area contributed by atoms with Crippen molar-refractivity contribution in [3.05, 3.63) is 50.7 Å². The Kier molecular flexibility index (Phi) is 3.25. The molecule has 2 nitrogen and oxygen atoms in total. The predicted molar refractivity (Wildman–Crippen MR) is 85.9 cm³/mol. The second kappa shape index (κ2) is 5.10. The SMILES string of the molecule is NC(c1cc2c(s1)CCSC2)c1cccc2c1OCC2. The summed E-state index contributed by atoms with van der Waals surface area (Å²) in [5.74, 6) is 3.41. The Morgan fingerprint density at radius 3 is 3.05 bits per heavy atom. The Labute approximate surface area is 127 Å². The molecule has 4 heteroatoms. The Balaban J connectivity index is 1.72. The van der Waals surface area contributed by atoms with E-state index in [9.17, 15) is 0 Å². The standard InChI is InChI=1S/C16H17NOS2/c17-15(12-3-1-2-10-4-6-18-16(10)12)14-8-11-9-19-7-5-13(11)20-14/h1-3,8,15H,4-7,9,17H2. The molecule has 0 amide bonds. The summed E-state index contributed by atoms with van der Waals surface area (Å²) in [5, 5.41) is 0. The lowest BCUT2D eigenvalue weighted by Gasteiger charge is -2.14. The number of rotatable bonds is 2. The summed E-state index contributed by atoms with van der Waals surface area (Å²) in [4.78, 5) is 2.81. The van der Waals surface area contributed by atoms with E-state index in [-0.39, 0.29) is 6.04 Å². The number of para-hydroxylation sites is 1. The van der Waals surface area contributed by atoms with Crippen molar-refractivity contribution in [3.63, 3.8) is 0 Å². The zero-order chi connectivity index (χ0) is 13.5. The van der Waals surface area contributed by atoms with Crippen LogP contribution in [0.15, 0.2) is 24.3 Å². The molecule has 1 aromatic heterocycles. The van der Waals surface area contributed by atoms with Gasteiger partial charge in [0.2, 0.25) is 0 Å². The summed E-state index contributed by atoms with van der Waals surface area (Å²) in [6, 6.07) is 8.62. The molecule has 1 atom stereocenters. The summed E-state index contributed by atoms with van der Waals surface area (Å²) in [6.45, 7) is 0.788. The van der Waals surface area contributed by atoms with E-state index in [1.807, 2.05) is 23.1 Å². The largest absolute Gasteiger partial charge is 0.493 e. The maximum absolute atomic E-state index is 6.53. The minimum absolute atomic E-state index is 0.0522. The molecular weight excluding hydrogens is 286 g/mol. The number of nitrogens with two attached hydrogens (primary N) is 1. The highest BCUT2D eigenvalue weighted by molar-refractivity contribution is 7.98. The van der Waals surface area contributed by atoms with Gasteiger partial charge in [0, 0.05) is 27.5 Å². The summed E-state index contributed by atoms with van der Waals surface area (Å²) in [6.07, 6.45) is 2.20. The van der Waals surface area contributed by atoms with Crippen LogP contribution in [0.4, 0.5) is 0 Å². The first-order valence-electron chi connectivity index (χ1n) is 7.02. The van der Waals surface area contributed by atoms with E-state index in [0.717, 1.165) is 30.1 Å². The number of thioether (sulfide) groups is 1. The van der Waals surface area contributed by atoms with Crippen LogP contribution in [0.3, 0.4) is 0 Å². The van der Waals surface area contributed by atoms with E-state index in [2.05, 4.69) is 24.3 Å². The zero-order valence-corrected chi connectivity index (χ0v) is 12.9. The third-order valence-electron chi connectivity index (χ3n) is 4.03. The highest BCUT2D eigenvalue weighted by Gasteiger charge is 2.23. The number of hydrogen-bond acceptors (Lipinski definition) is 4. The number of hydrogen-bond donors (Lipinski definition) is 1. The van der Waals surface area contributed by atoms with Crippen LogP contribution in [-0.4, -0.2) is 12.4 Å². The van der Waals surface area contributed by atoms with E-state index in [4.69, 9.17) is 10.5 Å². The smallest absolute Gasteiger partial charge is 0.127 e. The second-order valence-electron chi connectivity index (χ2n) is 5.31. The number of benzene rings is 1. The third kappa shape index (κ3) is 2.07. The van der Waals surface area contributed by atoms with Gasteiger partial charge in [0.25, 0.3) is 0 Å². The Hall–Kier alpha value is -0.970. The van der Waals surface area contributed by atoms with Crippen molar-refractivity contribution in [2.24, 2.45) is 5.73 Å². The van der Waals surface area contributed by atoms with Gasteiger partial charge in [-0.3, -0.25) is 0 Å². The van der Waals surface area contributed by atoms with Crippen molar-refractivity contribution in [1.82, 2.24) is 0 Å². The molecule has 104 valence electrons. The minimum atomic E-state index is -0.0522. The normalized spacial score (nSPS) is 18.2. The molecule has 2 N–H and O–H groups in total. The zero-order valence-electron chi connectivity index (χ0n) is 11.2. The molecule has 0 spiro atoms. The first-order valence-corrected chi connectivity index (χ1v) is 8.99. The predicted octanol–water partition coefficient (Wildman–Crippen LogP) is 3.52. The molecule has 1 unspecified atom stereocenters. The lowest BCUT2D eigenvalue weighted by Crippen LogP contribution is -2.11. The first kappa shape index (κ1) is 12.7. The van der Waals surface area contributed by atoms with E-state index >= 15 is 0 Å². The quantitative estimate of drug-likeness (QED) is 0.922. The molecule has 0 bridgehead atoms. The van der Waals surface area contributed by atoms with Gasteiger partial charge in [-0.1, -0.05) is 18.2 Å². The average molecular weight is 303 g/mol. The summed E-state index contributed by atoms with van der Waals surface area (Å²) in [7, 11) is 0. The van der Waals surface area contributed by atoms with Crippen molar-refractivity contribution in [2.45, 2.75) is 24.6 Å². The average Bonchev–Trinajstić information content (AvgIpc) is 3.12. The van der Waals surface area contributed by atoms with Crippen LogP contribution in [0.2, 0.25) is 0 Å². The monoisotopic (exact) mass is 303 g/mol. The van der Waals surface area contributed by atoms with Crippen LogP contribution in [0.25, 0.3) is 0 Å². The summed E-state index contributed by atoms with van der Waals surface area (Å²) in [5.41, 5.74) is 10.5. The first-order chi connectivity index (χ1) is 9.83. The summed E-state index contributed by atoms with van der Waals surface area (Å²) >= 11 is 3.91. The van der Waals surface area contributed by atoms with E-state index < -0.39 is 0 Å². The molecule has 1 aromatic carbocycles. The van der Waals surface area contributed by atoms with Crippen LogP contribution in [0.1, 0.15) is 32.5 Å². The van der Waals surface area contributed by atoms with Crippen molar-refractivity contribution in [2.75, 3.05) is 12.4 Å². The Bertz CT molecular complexity index is 626. The Morgan fingerprint density at radius 1 is 1.20 bits per heavy atom. The van der Waals surface area contributed by atoms with E-state index in [1.165, 1.54) is 33.1 Å². The van der Waals surface area contributed by atoms with Gasteiger partial charge in [-0.25, -0.2) is 0 Å². The fourth-order valence-electron chi connectivity index (χ4n) is 2.96. The van der Waals surface area contributed by atoms with Crippen molar-refractivity contribution in [3.8, 4) is 5.75 Å². The molecule has 0 saturated carbocycles. The van der Waals surface area contributed by atoms with Gasteiger partial charge in [0.15, 0.2) is 0 Å². The molecule has 0 saturated heterocycles. The summed E-state index contributed by atoms with van der Waals surface area (Å²) < 4.78 is 5.79. The molecule has 0 aliphatic carbocycles. The number of aryl methyl sites for hydroxylation is 1. The van der Waals surface area contributed by atoms with Crippen molar-refractivity contribution >= 4 is 23.1 Å². The van der Waals surface area contributed by atoms with Crippen LogP contribution in [0.5, 0.6) is 5.75 Å². The van der Waals surface area contributed by atoms with Gasteiger partial charge in [0.1, 0.15) is 5.75 Å². The molecule has 4 rings (SSSR count). The fraction of sp³-hybridized carbons (Fsp3) is 0.375. The molecular formula is C16H17NOS2. The lowest BCUT2D eigenvalue weighted by atomic mass is 10.0. The minimum Gasteiger partial charge on any atom is -0.493 e. The molecule has 2 aliphatic rings. The number of thiophene rings is 1. The van der Waals surface area contributed by atoms with Crippen LogP contribution in [-0.2, 0) is 18.6 Å². The molecule has 2 aliphatic heterocycles. The molecule has 2 aromatic rings. The van der Waals surface area contributed by atoms with Crippen molar-refractivity contribution < 1.29 is 4.74 Å². The lowest BCUT2D eigenvalue weighted by molar-refractivity contribution is 0.352. The Morgan fingerprint density at radius 2 is 2.15 bits per heavy atom. The fourth-order valence-corrected chi connectivity index (χ4v) is 5.36. The van der Waals surface area contributed by atoms with Gasteiger partial charge in [-0.05, 0) is 29.4 Å². The number of fused-ring (bicyclic) bond motifs is 2. The van der Waals surface area contributed by atoms with Gasteiger partial charge in [-0.2, -0.15) is 11.8 Å². The molecule has 0 fully saturated rings.